The van der Waals surface area contributed by atoms with Crippen LogP contribution in [0.2, 0.25) is 0 Å². The summed E-state index contributed by atoms with van der Waals surface area (Å²) in [4.78, 5) is 21.0. The molecule has 8 nitrogen and oxygen atoms in total. The number of aromatic amines is 1. The number of piperidine rings is 1. The van der Waals surface area contributed by atoms with Crippen LogP contribution in [0.5, 0.6) is 0 Å². The molecule has 0 amide bonds. The summed E-state index contributed by atoms with van der Waals surface area (Å²) in [5.41, 5.74) is -0.0572. The van der Waals surface area contributed by atoms with Gasteiger partial charge in [0.2, 0.25) is 5.89 Å². The van der Waals surface area contributed by atoms with Gasteiger partial charge in [0, 0.05) is 45.6 Å². The van der Waals surface area contributed by atoms with Crippen LogP contribution in [0.15, 0.2) is 21.7 Å². The van der Waals surface area contributed by atoms with Gasteiger partial charge in [-0.05, 0) is 19.4 Å². The SMILES string of the molecule is COCCc1noc(C2CCCN(CCn3cc[nH]c3=O)C2)n1. The topological polar surface area (TPSA) is 89.2 Å². The molecule has 8 heteroatoms. The van der Waals surface area contributed by atoms with E-state index in [9.17, 15) is 4.79 Å². The summed E-state index contributed by atoms with van der Waals surface area (Å²) in [6.07, 6.45) is 6.28. The third-order valence-corrected chi connectivity index (χ3v) is 4.25. The second kappa shape index (κ2) is 7.56. The van der Waals surface area contributed by atoms with E-state index in [1.807, 2.05) is 0 Å². The number of hydrogen-bond donors (Lipinski definition) is 1. The van der Waals surface area contributed by atoms with Crippen LogP contribution in [-0.2, 0) is 17.7 Å². The average Bonchev–Trinajstić information content (AvgIpc) is 3.20. The molecule has 1 unspecified atom stereocenters. The molecule has 0 aromatic carbocycles. The van der Waals surface area contributed by atoms with Gasteiger partial charge in [-0.15, -0.1) is 0 Å². The summed E-state index contributed by atoms with van der Waals surface area (Å²) in [5.74, 6) is 1.70. The van der Waals surface area contributed by atoms with E-state index in [0.717, 1.165) is 38.4 Å². The largest absolute Gasteiger partial charge is 0.384 e. The highest BCUT2D eigenvalue weighted by molar-refractivity contribution is 4.97. The molecule has 1 N–H and O–H groups in total. The van der Waals surface area contributed by atoms with Crippen molar-refractivity contribution in [3.05, 3.63) is 34.6 Å². The maximum Gasteiger partial charge on any atom is 0.325 e. The van der Waals surface area contributed by atoms with Crippen molar-refractivity contribution in [2.75, 3.05) is 33.4 Å². The standard InChI is InChI=1S/C15H23N5O3/c1-22-10-4-13-17-14(23-18-13)12-3-2-6-19(11-12)8-9-20-7-5-16-15(20)21/h5,7,12H,2-4,6,8-11H2,1H3,(H,16,21). The molecule has 2 aromatic heterocycles. The summed E-state index contributed by atoms with van der Waals surface area (Å²) in [7, 11) is 1.66. The number of nitrogens with zero attached hydrogens (tertiary/aromatic N) is 4. The van der Waals surface area contributed by atoms with E-state index in [0.29, 0.717) is 25.4 Å². The van der Waals surface area contributed by atoms with Crippen LogP contribution >= 0.6 is 0 Å². The van der Waals surface area contributed by atoms with Gasteiger partial charge in [-0.1, -0.05) is 5.16 Å². The predicted octanol–water partition coefficient (Wildman–Crippen LogP) is 0.628. The Kier molecular flexibility index (Phi) is 5.24. The zero-order valence-electron chi connectivity index (χ0n) is 13.4. The Balaban J connectivity index is 1.54. The second-order valence-electron chi connectivity index (χ2n) is 5.89. The number of imidazole rings is 1. The monoisotopic (exact) mass is 321 g/mol. The highest BCUT2D eigenvalue weighted by atomic mass is 16.5. The van der Waals surface area contributed by atoms with Gasteiger partial charge in [-0.25, -0.2) is 4.79 Å². The van der Waals surface area contributed by atoms with Gasteiger partial charge in [0.1, 0.15) is 0 Å². The number of ether oxygens (including phenoxy) is 1. The number of methoxy groups -OCH3 is 1. The van der Waals surface area contributed by atoms with Crippen LogP contribution in [0, 0.1) is 0 Å². The van der Waals surface area contributed by atoms with E-state index < -0.39 is 0 Å². The van der Waals surface area contributed by atoms with Crippen LogP contribution in [0.4, 0.5) is 0 Å². The minimum atomic E-state index is -0.0572. The Morgan fingerprint density at radius 2 is 2.39 bits per heavy atom. The fourth-order valence-electron chi connectivity index (χ4n) is 2.96. The lowest BCUT2D eigenvalue weighted by Gasteiger charge is -2.30. The van der Waals surface area contributed by atoms with Gasteiger partial charge >= 0.3 is 5.69 Å². The molecule has 0 saturated carbocycles. The van der Waals surface area contributed by atoms with Gasteiger partial charge in [-0.2, -0.15) is 4.98 Å². The predicted molar refractivity (Wildman–Crippen MR) is 83.3 cm³/mol. The molecule has 2 aromatic rings. The summed E-state index contributed by atoms with van der Waals surface area (Å²) >= 11 is 0. The quantitative estimate of drug-likeness (QED) is 0.804. The third-order valence-electron chi connectivity index (χ3n) is 4.25. The Bertz CT molecular complexity index is 662. The normalized spacial score (nSPS) is 19.3. The third kappa shape index (κ3) is 4.08. The van der Waals surface area contributed by atoms with Gasteiger partial charge < -0.3 is 19.1 Å². The molecule has 1 aliphatic rings. The van der Waals surface area contributed by atoms with Crippen molar-refractivity contribution in [2.45, 2.75) is 31.7 Å². The van der Waals surface area contributed by atoms with E-state index in [2.05, 4.69) is 20.0 Å². The van der Waals surface area contributed by atoms with Crippen LogP contribution in [-0.4, -0.2) is 57.9 Å². The number of nitrogens with one attached hydrogen (secondary N) is 1. The van der Waals surface area contributed by atoms with E-state index in [1.165, 1.54) is 0 Å². The number of rotatable bonds is 7. The highest BCUT2D eigenvalue weighted by Gasteiger charge is 2.25. The smallest absolute Gasteiger partial charge is 0.325 e. The van der Waals surface area contributed by atoms with Crippen LogP contribution in [0.3, 0.4) is 0 Å². The molecule has 1 saturated heterocycles. The average molecular weight is 321 g/mol. The molecule has 3 rings (SSSR count). The van der Waals surface area contributed by atoms with Crippen LogP contribution in [0.1, 0.15) is 30.5 Å². The highest BCUT2D eigenvalue weighted by Crippen LogP contribution is 2.25. The Labute approximate surface area is 134 Å². The minimum absolute atomic E-state index is 0.0572. The molecule has 1 aliphatic heterocycles. The molecule has 1 atom stereocenters. The lowest BCUT2D eigenvalue weighted by atomic mass is 9.98. The summed E-state index contributed by atoms with van der Waals surface area (Å²) in [6.45, 7) is 4.07. The van der Waals surface area contributed by atoms with E-state index in [1.54, 1.807) is 24.1 Å². The lowest BCUT2D eigenvalue weighted by Crippen LogP contribution is -2.37. The Morgan fingerprint density at radius 3 is 3.17 bits per heavy atom. The van der Waals surface area contributed by atoms with Crippen molar-refractivity contribution in [2.24, 2.45) is 0 Å². The molecule has 3 heterocycles. The number of H-pyrrole nitrogens is 1. The molecule has 0 spiro atoms. The van der Waals surface area contributed by atoms with Crippen molar-refractivity contribution in [1.29, 1.82) is 0 Å². The van der Waals surface area contributed by atoms with E-state index in [4.69, 9.17) is 9.26 Å². The zero-order valence-corrected chi connectivity index (χ0v) is 13.4. The molecule has 0 bridgehead atoms. The van der Waals surface area contributed by atoms with Gasteiger partial charge in [0.25, 0.3) is 0 Å². The fourth-order valence-corrected chi connectivity index (χ4v) is 2.96. The molecule has 1 fully saturated rings. The minimum Gasteiger partial charge on any atom is -0.384 e. The van der Waals surface area contributed by atoms with Gasteiger partial charge in [0.05, 0.1) is 12.5 Å². The molecular weight excluding hydrogens is 298 g/mol. The summed E-state index contributed by atoms with van der Waals surface area (Å²) in [6, 6.07) is 0. The Morgan fingerprint density at radius 1 is 1.48 bits per heavy atom. The fraction of sp³-hybridized carbons (Fsp3) is 0.667. The number of aromatic nitrogens is 4. The summed E-state index contributed by atoms with van der Waals surface area (Å²) < 4.78 is 12.1. The van der Waals surface area contributed by atoms with Crippen molar-refractivity contribution >= 4 is 0 Å². The van der Waals surface area contributed by atoms with Crippen LogP contribution in [0.25, 0.3) is 0 Å². The molecule has 23 heavy (non-hydrogen) atoms. The second-order valence-corrected chi connectivity index (χ2v) is 5.89. The maximum atomic E-state index is 11.5. The van der Waals surface area contributed by atoms with Crippen LogP contribution < -0.4 is 5.69 Å². The molecule has 126 valence electrons. The van der Waals surface area contributed by atoms with Crippen molar-refractivity contribution in [3.8, 4) is 0 Å². The van der Waals surface area contributed by atoms with E-state index >= 15 is 0 Å². The molecular formula is C15H23N5O3. The van der Waals surface area contributed by atoms with Gasteiger partial charge in [-0.3, -0.25) is 4.57 Å². The first kappa shape index (κ1) is 15.9. The lowest BCUT2D eigenvalue weighted by molar-refractivity contribution is 0.181. The zero-order chi connectivity index (χ0) is 16.1. The van der Waals surface area contributed by atoms with E-state index in [-0.39, 0.29) is 11.6 Å². The Hall–Kier alpha value is -1.93. The van der Waals surface area contributed by atoms with Crippen molar-refractivity contribution in [1.82, 2.24) is 24.6 Å². The first-order valence-electron chi connectivity index (χ1n) is 8.04. The maximum absolute atomic E-state index is 11.5. The summed E-state index contributed by atoms with van der Waals surface area (Å²) in [5, 5.41) is 4.02. The molecule has 0 aliphatic carbocycles. The first-order valence-corrected chi connectivity index (χ1v) is 8.04. The number of hydrogen-bond acceptors (Lipinski definition) is 6. The van der Waals surface area contributed by atoms with Gasteiger partial charge in [0.15, 0.2) is 5.82 Å². The van der Waals surface area contributed by atoms with Crippen molar-refractivity contribution < 1.29 is 9.26 Å². The van der Waals surface area contributed by atoms with Crippen molar-refractivity contribution in [3.63, 3.8) is 0 Å². The first-order chi connectivity index (χ1) is 11.3. The number of likely N-dealkylation sites (tertiary alicyclic amines) is 1. The molecule has 0 radical (unpaired) electrons.